The monoisotopic (exact) mass is 299 g/mol. The van der Waals surface area contributed by atoms with Crippen LogP contribution in [0.2, 0.25) is 0 Å². The highest BCUT2D eigenvalue weighted by Crippen LogP contribution is 2.25. The topological polar surface area (TPSA) is 69.4 Å². The van der Waals surface area contributed by atoms with E-state index in [0.29, 0.717) is 17.1 Å². The number of halogens is 3. The van der Waals surface area contributed by atoms with E-state index in [-0.39, 0.29) is 12.4 Å². The predicted octanol–water partition coefficient (Wildman–Crippen LogP) is 2.84. The summed E-state index contributed by atoms with van der Waals surface area (Å²) in [6.07, 6.45) is -3.14. The minimum atomic E-state index is -4.71. The molecule has 0 spiro atoms. The summed E-state index contributed by atoms with van der Waals surface area (Å²) in [6.45, 7) is 0.162. The molecule has 0 radical (unpaired) electrons. The van der Waals surface area contributed by atoms with Gasteiger partial charge in [0, 0.05) is 6.20 Å². The number of benzene rings is 1. The number of ether oxygens (including phenoxy) is 2. The second-order valence-electron chi connectivity index (χ2n) is 3.99. The Balaban J connectivity index is 1.94. The van der Waals surface area contributed by atoms with E-state index in [1.807, 2.05) is 0 Å². The number of anilines is 1. The van der Waals surface area contributed by atoms with Gasteiger partial charge in [-0.3, -0.25) is 10.8 Å². The van der Waals surface area contributed by atoms with Gasteiger partial charge >= 0.3 is 6.36 Å². The molecule has 3 N–H and O–H groups in total. The van der Waals surface area contributed by atoms with Gasteiger partial charge in [0.2, 0.25) is 0 Å². The van der Waals surface area contributed by atoms with Crippen molar-refractivity contribution in [2.24, 2.45) is 5.84 Å². The van der Waals surface area contributed by atoms with E-state index in [4.69, 9.17) is 10.6 Å². The van der Waals surface area contributed by atoms with Gasteiger partial charge in [0.05, 0.1) is 11.4 Å². The van der Waals surface area contributed by atoms with Gasteiger partial charge in [-0.15, -0.1) is 13.2 Å². The quantitative estimate of drug-likeness (QED) is 0.656. The third-order valence-corrected chi connectivity index (χ3v) is 2.43. The maximum absolute atomic E-state index is 12.0. The van der Waals surface area contributed by atoms with Crippen LogP contribution < -0.4 is 20.7 Å². The zero-order valence-electron chi connectivity index (χ0n) is 10.7. The van der Waals surface area contributed by atoms with E-state index in [0.717, 1.165) is 0 Å². The Labute approximate surface area is 118 Å². The molecule has 2 rings (SSSR count). The summed E-state index contributed by atoms with van der Waals surface area (Å²) in [6, 6.07) is 8.49. The summed E-state index contributed by atoms with van der Waals surface area (Å²) in [5.41, 5.74) is 3.78. The van der Waals surface area contributed by atoms with Crippen molar-refractivity contribution in [1.82, 2.24) is 4.98 Å². The number of nitrogens with zero attached hydrogens (tertiary/aromatic N) is 1. The number of aromatic nitrogens is 1. The van der Waals surface area contributed by atoms with Gasteiger partial charge in [0.1, 0.15) is 18.1 Å². The third-order valence-electron chi connectivity index (χ3n) is 2.43. The van der Waals surface area contributed by atoms with Crippen LogP contribution in [0.3, 0.4) is 0 Å². The van der Waals surface area contributed by atoms with E-state index < -0.39 is 6.36 Å². The molecule has 8 heteroatoms. The van der Waals surface area contributed by atoms with Crippen LogP contribution in [0.25, 0.3) is 0 Å². The molecule has 112 valence electrons. The number of alkyl halides is 3. The van der Waals surface area contributed by atoms with E-state index in [1.165, 1.54) is 24.3 Å². The van der Waals surface area contributed by atoms with Crippen molar-refractivity contribution in [2.45, 2.75) is 13.0 Å². The lowest BCUT2D eigenvalue weighted by Crippen LogP contribution is -2.16. The molecule has 0 aliphatic rings. The number of hydrogen-bond acceptors (Lipinski definition) is 5. The van der Waals surface area contributed by atoms with Crippen molar-refractivity contribution < 1.29 is 22.6 Å². The fourth-order valence-electron chi connectivity index (χ4n) is 1.54. The number of hydrazine groups is 1. The number of nitrogen functional groups attached to an aromatic ring is 1. The average molecular weight is 299 g/mol. The predicted molar refractivity (Wildman–Crippen MR) is 69.5 cm³/mol. The maximum atomic E-state index is 12.0. The smallest absolute Gasteiger partial charge is 0.487 e. The van der Waals surface area contributed by atoms with Crippen LogP contribution in [-0.2, 0) is 6.61 Å². The number of nitrogens with one attached hydrogen (secondary N) is 1. The fourth-order valence-corrected chi connectivity index (χ4v) is 1.54. The zero-order valence-corrected chi connectivity index (χ0v) is 10.7. The Bertz CT molecular complexity index is 588. The maximum Gasteiger partial charge on any atom is 0.573 e. The van der Waals surface area contributed by atoms with Crippen molar-refractivity contribution in [1.29, 1.82) is 0 Å². The summed E-state index contributed by atoms with van der Waals surface area (Å²) in [5.74, 6) is 5.37. The molecule has 0 fully saturated rings. The van der Waals surface area contributed by atoms with Crippen LogP contribution in [0.5, 0.6) is 11.5 Å². The Kier molecular flexibility index (Phi) is 4.49. The first-order chi connectivity index (χ1) is 9.96. The summed E-state index contributed by atoms with van der Waals surface area (Å²) in [4.78, 5) is 4.07. The number of pyridine rings is 1. The van der Waals surface area contributed by atoms with Crippen LogP contribution in [0, 0.1) is 0 Å². The summed E-state index contributed by atoms with van der Waals surface area (Å²) in [7, 11) is 0. The Hall–Kier alpha value is -2.48. The van der Waals surface area contributed by atoms with Crippen molar-refractivity contribution in [2.75, 3.05) is 5.43 Å². The van der Waals surface area contributed by atoms with Crippen LogP contribution in [-0.4, -0.2) is 11.3 Å². The van der Waals surface area contributed by atoms with E-state index in [9.17, 15) is 13.2 Å². The normalized spacial score (nSPS) is 11.0. The highest BCUT2D eigenvalue weighted by Gasteiger charge is 2.30. The number of nitrogens with two attached hydrogens (primary N) is 1. The first-order valence-corrected chi connectivity index (χ1v) is 5.86. The molecule has 0 saturated heterocycles. The van der Waals surface area contributed by atoms with Crippen LogP contribution >= 0.6 is 0 Å². The molecule has 0 unspecified atom stereocenters. The van der Waals surface area contributed by atoms with Crippen molar-refractivity contribution in [3.05, 3.63) is 48.3 Å². The third kappa shape index (κ3) is 4.84. The standard InChI is InChI=1S/C13H12F3N3O2/c14-13(15,16)21-12-3-1-11(2-4-12)20-8-10-7-9(19-17)5-6-18-10/h1-7H,8,17H2,(H,18,19). The number of rotatable bonds is 5. The highest BCUT2D eigenvalue weighted by atomic mass is 19.4. The Morgan fingerprint density at radius 3 is 2.38 bits per heavy atom. The minimum Gasteiger partial charge on any atom is -0.487 e. The van der Waals surface area contributed by atoms with Gasteiger partial charge in [-0.1, -0.05) is 0 Å². The highest BCUT2D eigenvalue weighted by molar-refractivity contribution is 5.41. The molecule has 1 heterocycles. The summed E-state index contributed by atoms with van der Waals surface area (Å²) in [5, 5.41) is 0. The van der Waals surface area contributed by atoms with Crippen molar-refractivity contribution >= 4 is 5.69 Å². The molecule has 0 aliphatic heterocycles. The van der Waals surface area contributed by atoms with Crippen molar-refractivity contribution in [3.8, 4) is 11.5 Å². The largest absolute Gasteiger partial charge is 0.573 e. The molecular weight excluding hydrogens is 287 g/mol. The van der Waals surface area contributed by atoms with Crippen LogP contribution in [0.1, 0.15) is 5.69 Å². The lowest BCUT2D eigenvalue weighted by Gasteiger charge is -2.10. The first-order valence-electron chi connectivity index (χ1n) is 5.86. The van der Waals surface area contributed by atoms with Gasteiger partial charge in [-0.2, -0.15) is 0 Å². The molecule has 21 heavy (non-hydrogen) atoms. The SMILES string of the molecule is NNc1ccnc(COc2ccc(OC(F)(F)F)cc2)c1. The van der Waals surface area contributed by atoms with E-state index in [2.05, 4.69) is 15.1 Å². The van der Waals surface area contributed by atoms with Gasteiger partial charge in [0.15, 0.2) is 0 Å². The molecule has 1 aromatic carbocycles. The second kappa shape index (κ2) is 6.31. The van der Waals surface area contributed by atoms with Gasteiger partial charge in [-0.05, 0) is 36.4 Å². The Morgan fingerprint density at radius 2 is 1.76 bits per heavy atom. The average Bonchev–Trinajstić information content (AvgIpc) is 2.45. The molecule has 1 aromatic heterocycles. The second-order valence-corrected chi connectivity index (χ2v) is 3.99. The first kappa shape index (κ1) is 14.9. The van der Waals surface area contributed by atoms with Gasteiger partial charge < -0.3 is 14.9 Å². The van der Waals surface area contributed by atoms with Crippen molar-refractivity contribution in [3.63, 3.8) is 0 Å². The molecule has 0 bridgehead atoms. The molecule has 2 aromatic rings. The lowest BCUT2D eigenvalue weighted by atomic mass is 10.3. The molecule has 0 atom stereocenters. The zero-order chi connectivity index (χ0) is 15.3. The number of hydrogen-bond donors (Lipinski definition) is 2. The summed E-state index contributed by atoms with van der Waals surface area (Å²) >= 11 is 0. The molecule has 5 nitrogen and oxygen atoms in total. The molecular formula is C13H12F3N3O2. The Morgan fingerprint density at radius 1 is 1.10 bits per heavy atom. The van der Waals surface area contributed by atoms with Gasteiger partial charge in [-0.25, -0.2) is 0 Å². The molecule has 0 saturated carbocycles. The minimum absolute atomic E-state index is 0.162. The van der Waals surface area contributed by atoms with Crippen LogP contribution in [0.15, 0.2) is 42.6 Å². The fraction of sp³-hybridized carbons (Fsp3) is 0.154. The molecule has 0 amide bonds. The van der Waals surface area contributed by atoms with E-state index >= 15 is 0 Å². The van der Waals surface area contributed by atoms with Gasteiger partial charge in [0.25, 0.3) is 0 Å². The lowest BCUT2D eigenvalue weighted by molar-refractivity contribution is -0.274. The van der Waals surface area contributed by atoms with Crippen LogP contribution in [0.4, 0.5) is 18.9 Å². The molecule has 0 aliphatic carbocycles. The summed E-state index contributed by atoms with van der Waals surface area (Å²) < 4.78 is 45.2. The van der Waals surface area contributed by atoms with E-state index in [1.54, 1.807) is 18.3 Å².